The van der Waals surface area contributed by atoms with E-state index in [1.807, 2.05) is 24.3 Å². The second kappa shape index (κ2) is 4.68. The molecule has 1 fully saturated rings. The topological polar surface area (TPSA) is 31.4 Å². The SMILES string of the molecule is Brc1cc(/C=C/C2OCCO2)ccn1. The zero-order chi connectivity index (χ0) is 9.80. The molecule has 74 valence electrons. The Labute approximate surface area is 90.9 Å². The van der Waals surface area contributed by atoms with Crippen molar-refractivity contribution in [3.8, 4) is 0 Å². The van der Waals surface area contributed by atoms with Gasteiger partial charge in [0.2, 0.25) is 0 Å². The number of ether oxygens (including phenoxy) is 2. The smallest absolute Gasteiger partial charge is 0.177 e. The Morgan fingerprint density at radius 1 is 1.43 bits per heavy atom. The number of aromatic nitrogens is 1. The van der Waals surface area contributed by atoms with Crippen molar-refractivity contribution in [2.75, 3.05) is 13.2 Å². The molecule has 0 unspecified atom stereocenters. The molecule has 0 aliphatic carbocycles. The van der Waals surface area contributed by atoms with Gasteiger partial charge < -0.3 is 9.47 Å². The lowest BCUT2D eigenvalue weighted by Crippen LogP contribution is -2.01. The number of pyridine rings is 1. The summed E-state index contributed by atoms with van der Waals surface area (Å²) in [6, 6.07) is 3.86. The summed E-state index contributed by atoms with van der Waals surface area (Å²) in [5, 5.41) is 0. The molecule has 0 aromatic carbocycles. The summed E-state index contributed by atoms with van der Waals surface area (Å²) < 4.78 is 11.4. The van der Waals surface area contributed by atoms with Crippen LogP contribution in [0.5, 0.6) is 0 Å². The third kappa shape index (κ3) is 2.64. The van der Waals surface area contributed by atoms with Gasteiger partial charge >= 0.3 is 0 Å². The fourth-order valence-electron chi connectivity index (χ4n) is 1.20. The van der Waals surface area contributed by atoms with Crippen molar-refractivity contribution in [1.29, 1.82) is 0 Å². The van der Waals surface area contributed by atoms with Crippen LogP contribution in [0.2, 0.25) is 0 Å². The molecule has 1 saturated heterocycles. The zero-order valence-corrected chi connectivity index (χ0v) is 9.11. The molecular weight excluding hydrogens is 246 g/mol. The first kappa shape index (κ1) is 9.83. The summed E-state index contributed by atoms with van der Waals surface area (Å²) in [6.45, 7) is 1.35. The predicted octanol–water partition coefficient (Wildman–Crippen LogP) is 2.23. The summed E-state index contributed by atoms with van der Waals surface area (Å²) >= 11 is 3.31. The monoisotopic (exact) mass is 255 g/mol. The van der Waals surface area contributed by atoms with Gasteiger partial charge in [-0.2, -0.15) is 0 Å². The van der Waals surface area contributed by atoms with E-state index in [9.17, 15) is 0 Å². The maximum absolute atomic E-state index is 5.27. The average Bonchev–Trinajstić information content (AvgIpc) is 2.67. The van der Waals surface area contributed by atoms with Gasteiger partial charge in [-0.05, 0) is 39.7 Å². The van der Waals surface area contributed by atoms with E-state index in [2.05, 4.69) is 20.9 Å². The van der Waals surface area contributed by atoms with Crippen LogP contribution in [0.4, 0.5) is 0 Å². The summed E-state index contributed by atoms with van der Waals surface area (Å²) in [7, 11) is 0. The summed E-state index contributed by atoms with van der Waals surface area (Å²) in [4.78, 5) is 4.04. The quantitative estimate of drug-likeness (QED) is 0.760. The Bertz CT molecular complexity index is 335. The van der Waals surface area contributed by atoms with E-state index in [1.165, 1.54) is 0 Å². The highest BCUT2D eigenvalue weighted by atomic mass is 79.9. The molecule has 3 nitrogen and oxygen atoms in total. The van der Waals surface area contributed by atoms with Crippen LogP contribution >= 0.6 is 15.9 Å². The maximum atomic E-state index is 5.27. The lowest BCUT2D eigenvalue weighted by molar-refractivity contribution is -0.000907. The van der Waals surface area contributed by atoms with Crippen LogP contribution in [0.15, 0.2) is 29.0 Å². The first-order valence-corrected chi connectivity index (χ1v) is 5.17. The highest BCUT2D eigenvalue weighted by Crippen LogP contribution is 2.11. The molecule has 1 aliphatic rings. The van der Waals surface area contributed by atoms with Crippen molar-refractivity contribution in [3.05, 3.63) is 34.6 Å². The molecule has 0 radical (unpaired) electrons. The molecule has 1 aromatic heterocycles. The van der Waals surface area contributed by atoms with Crippen LogP contribution in [0, 0.1) is 0 Å². The second-order valence-corrected chi connectivity index (χ2v) is 3.69. The molecule has 0 atom stereocenters. The first-order valence-electron chi connectivity index (χ1n) is 4.37. The van der Waals surface area contributed by atoms with E-state index >= 15 is 0 Å². The molecular formula is C10H10BrNO2. The van der Waals surface area contributed by atoms with Crippen molar-refractivity contribution in [3.63, 3.8) is 0 Å². The third-order valence-electron chi connectivity index (χ3n) is 1.84. The van der Waals surface area contributed by atoms with Gasteiger partial charge in [0.05, 0.1) is 13.2 Å². The van der Waals surface area contributed by atoms with Crippen molar-refractivity contribution in [2.24, 2.45) is 0 Å². The van der Waals surface area contributed by atoms with E-state index in [0.29, 0.717) is 13.2 Å². The van der Waals surface area contributed by atoms with Crippen molar-refractivity contribution >= 4 is 22.0 Å². The van der Waals surface area contributed by atoms with Crippen molar-refractivity contribution in [1.82, 2.24) is 4.98 Å². The van der Waals surface area contributed by atoms with Crippen molar-refractivity contribution in [2.45, 2.75) is 6.29 Å². The van der Waals surface area contributed by atoms with E-state index in [-0.39, 0.29) is 6.29 Å². The van der Waals surface area contributed by atoms with Gasteiger partial charge in [-0.25, -0.2) is 4.98 Å². The first-order chi connectivity index (χ1) is 6.84. The van der Waals surface area contributed by atoms with Gasteiger partial charge in [-0.1, -0.05) is 6.08 Å². The van der Waals surface area contributed by atoms with Gasteiger partial charge in [0.15, 0.2) is 6.29 Å². The number of hydrogen-bond acceptors (Lipinski definition) is 3. The largest absolute Gasteiger partial charge is 0.347 e. The molecule has 1 aliphatic heterocycles. The van der Waals surface area contributed by atoms with Crippen LogP contribution in [0.1, 0.15) is 5.56 Å². The highest BCUT2D eigenvalue weighted by molar-refractivity contribution is 9.10. The number of halogens is 1. The standard InChI is InChI=1S/C10H10BrNO2/c11-9-7-8(3-4-12-9)1-2-10-13-5-6-14-10/h1-4,7,10H,5-6H2/b2-1+. The third-order valence-corrected chi connectivity index (χ3v) is 2.28. The van der Waals surface area contributed by atoms with Crippen LogP contribution in [0.25, 0.3) is 6.08 Å². The summed E-state index contributed by atoms with van der Waals surface area (Å²) in [5.74, 6) is 0. The summed E-state index contributed by atoms with van der Waals surface area (Å²) in [5.41, 5.74) is 1.07. The second-order valence-electron chi connectivity index (χ2n) is 2.88. The molecule has 2 rings (SSSR count). The fourth-order valence-corrected chi connectivity index (χ4v) is 1.58. The lowest BCUT2D eigenvalue weighted by atomic mass is 10.2. The Balaban J connectivity index is 2.02. The van der Waals surface area contributed by atoms with Gasteiger partial charge in [0, 0.05) is 6.20 Å². The van der Waals surface area contributed by atoms with Gasteiger partial charge in [0.1, 0.15) is 4.60 Å². The molecule has 0 bridgehead atoms. The van der Waals surface area contributed by atoms with Crippen LogP contribution < -0.4 is 0 Å². The minimum absolute atomic E-state index is 0.193. The van der Waals surface area contributed by atoms with Gasteiger partial charge in [-0.15, -0.1) is 0 Å². The van der Waals surface area contributed by atoms with E-state index < -0.39 is 0 Å². The van der Waals surface area contributed by atoms with Gasteiger partial charge in [0.25, 0.3) is 0 Å². The zero-order valence-electron chi connectivity index (χ0n) is 7.52. The molecule has 2 heterocycles. The molecule has 14 heavy (non-hydrogen) atoms. The minimum atomic E-state index is -0.193. The van der Waals surface area contributed by atoms with Crippen LogP contribution in [-0.4, -0.2) is 24.5 Å². The maximum Gasteiger partial charge on any atom is 0.177 e. The number of rotatable bonds is 2. The van der Waals surface area contributed by atoms with Crippen molar-refractivity contribution < 1.29 is 9.47 Å². The molecule has 1 aromatic rings. The Hall–Kier alpha value is -0.710. The molecule has 4 heteroatoms. The van der Waals surface area contributed by atoms with E-state index in [4.69, 9.17) is 9.47 Å². The van der Waals surface area contributed by atoms with Crippen LogP contribution in [-0.2, 0) is 9.47 Å². The van der Waals surface area contributed by atoms with Gasteiger partial charge in [-0.3, -0.25) is 0 Å². The molecule has 0 spiro atoms. The van der Waals surface area contributed by atoms with E-state index in [1.54, 1.807) is 6.20 Å². The lowest BCUT2D eigenvalue weighted by Gasteiger charge is -2.01. The van der Waals surface area contributed by atoms with E-state index in [0.717, 1.165) is 10.2 Å². The highest BCUT2D eigenvalue weighted by Gasteiger charge is 2.11. The number of nitrogens with zero attached hydrogens (tertiary/aromatic N) is 1. The Morgan fingerprint density at radius 3 is 2.93 bits per heavy atom. The molecule has 0 saturated carbocycles. The molecule has 0 N–H and O–H groups in total. The predicted molar refractivity (Wildman–Crippen MR) is 56.7 cm³/mol. The number of hydrogen-bond donors (Lipinski definition) is 0. The normalized spacial score (nSPS) is 18.1. The Kier molecular flexibility index (Phi) is 3.29. The average molecular weight is 256 g/mol. The van der Waals surface area contributed by atoms with Crippen LogP contribution in [0.3, 0.4) is 0 Å². The minimum Gasteiger partial charge on any atom is -0.347 e. The molecule has 0 amide bonds. The fraction of sp³-hybridized carbons (Fsp3) is 0.300. The Morgan fingerprint density at radius 2 is 2.21 bits per heavy atom. The summed E-state index contributed by atoms with van der Waals surface area (Å²) in [6.07, 6.45) is 5.42.